The number of carbonyl (C=O) groups is 4. The first kappa shape index (κ1) is 34.9. The molecular weight excluding hydrogens is 628 g/mol. The number of rotatable bonds is 10. The number of carbonyl (C=O) groups excluding carboxylic acids is 4. The third kappa shape index (κ3) is 8.26. The lowest BCUT2D eigenvalue weighted by molar-refractivity contribution is -0.204. The van der Waals surface area contributed by atoms with Gasteiger partial charge >= 0.3 is 24.4 Å². The summed E-state index contributed by atoms with van der Waals surface area (Å²) in [6, 6.07) is 29.1. The Morgan fingerprint density at radius 3 is 1.38 bits per heavy atom. The fourth-order valence-corrected chi connectivity index (χ4v) is 6.89. The molecule has 0 unspecified atom stereocenters. The van der Waals surface area contributed by atoms with Crippen LogP contribution in [-0.2, 0) is 28.4 Å². The Morgan fingerprint density at radius 2 is 0.979 bits per heavy atom. The molecule has 4 rings (SSSR count). The minimum atomic E-state index is -1.42. The van der Waals surface area contributed by atoms with Crippen molar-refractivity contribution in [3.63, 3.8) is 0 Å². The molecule has 1 aliphatic rings. The second-order valence-electron chi connectivity index (χ2n) is 10.1. The van der Waals surface area contributed by atoms with Crippen LogP contribution >= 0.6 is 11.8 Å². The molecule has 0 saturated carbocycles. The number of nitrogens with one attached hydrogen (secondary N) is 4. The molecule has 1 saturated heterocycles. The molecule has 0 radical (unpaired) electrons. The molecule has 250 valence electrons. The number of hydrogen-bond acceptors (Lipinski definition) is 10. The molecule has 14 heteroatoms. The molecule has 1 aliphatic heterocycles. The van der Waals surface area contributed by atoms with Crippen molar-refractivity contribution in [3.05, 3.63) is 108 Å². The van der Waals surface area contributed by atoms with E-state index in [0.29, 0.717) is 0 Å². The normalized spacial score (nSPS) is 20.6. The zero-order chi connectivity index (χ0) is 33.8. The van der Waals surface area contributed by atoms with E-state index in [1.165, 1.54) is 40.0 Å². The van der Waals surface area contributed by atoms with E-state index in [2.05, 4.69) is 21.3 Å². The Bertz CT molecular complexity index is 1390. The van der Waals surface area contributed by atoms with Crippen molar-refractivity contribution in [3.8, 4) is 0 Å². The second-order valence-corrected chi connectivity index (χ2v) is 11.5. The Labute approximate surface area is 277 Å². The van der Waals surface area contributed by atoms with E-state index in [1.54, 1.807) is 0 Å². The summed E-state index contributed by atoms with van der Waals surface area (Å²) in [4.78, 5) is 50.4. The Kier molecular flexibility index (Phi) is 12.3. The first-order valence-electron chi connectivity index (χ1n) is 14.8. The average molecular weight is 667 g/mol. The smallest absolute Gasteiger partial charge is 0.407 e. The maximum atomic E-state index is 12.9. The van der Waals surface area contributed by atoms with Gasteiger partial charge in [-0.3, -0.25) is 0 Å². The second kappa shape index (κ2) is 16.6. The van der Waals surface area contributed by atoms with Gasteiger partial charge in [0.1, 0.15) is 18.1 Å². The highest BCUT2D eigenvalue weighted by atomic mass is 32.2. The molecule has 1 heterocycles. The summed E-state index contributed by atoms with van der Waals surface area (Å²) >= 11 is 1.29. The molecular formula is C33H38N4O9S. The number of alkyl carbamates (subject to hydrolysis) is 4. The number of amides is 4. The van der Waals surface area contributed by atoms with Crippen molar-refractivity contribution in [2.45, 2.75) is 34.6 Å². The molecule has 0 bridgehead atoms. The van der Waals surface area contributed by atoms with Gasteiger partial charge in [0.05, 0.1) is 4.75 Å². The van der Waals surface area contributed by atoms with Crippen LogP contribution in [0.15, 0.2) is 91.0 Å². The SMILES string of the molecule is CNC(=O)OC[C@H]1O[C@@H](SC(c2ccccc2)(c2ccccc2)c2ccccc2)[C@H](OC(=O)NC)[C@@H](OC(=O)NC)[C@@H]1OC(=O)NC. The van der Waals surface area contributed by atoms with Gasteiger partial charge in [0, 0.05) is 28.2 Å². The highest BCUT2D eigenvalue weighted by molar-refractivity contribution is 8.01. The Hall–Kier alpha value is -4.95. The van der Waals surface area contributed by atoms with Gasteiger partial charge in [-0.25, -0.2) is 19.2 Å². The van der Waals surface area contributed by atoms with Crippen molar-refractivity contribution >= 4 is 36.1 Å². The maximum absolute atomic E-state index is 12.9. The lowest BCUT2D eigenvalue weighted by Crippen LogP contribution is -2.63. The molecule has 47 heavy (non-hydrogen) atoms. The number of benzene rings is 3. The quantitative estimate of drug-likeness (QED) is 0.184. The molecule has 0 aromatic heterocycles. The largest absolute Gasteiger partial charge is 0.447 e. The summed E-state index contributed by atoms with van der Waals surface area (Å²) in [6.45, 7) is -0.409. The van der Waals surface area contributed by atoms with Crippen LogP contribution in [-0.4, -0.2) is 89.0 Å². The van der Waals surface area contributed by atoms with Gasteiger partial charge in [-0.15, -0.1) is 11.8 Å². The molecule has 5 atom stereocenters. The Balaban J connectivity index is 1.95. The van der Waals surface area contributed by atoms with Crippen molar-refractivity contribution in [1.82, 2.24) is 21.3 Å². The third-order valence-electron chi connectivity index (χ3n) is 7.35. The number of thioether (sulfide) groups is 1. The van der Waals surface area contributed by atoms with Crippen LogP contribution in [0, 0.1) is 0 Å². The topological polar surface area (TPSA) is 163 Å². The van der Waals surface area contributed by atoms with Crippen molar-refractivity contribution in [1.29, 1.82) is 0 Å². The zero-order valence-corrected chi connectivity index (χ0v) is 27.2. The molecule has 0 spiro atoms. The van der Waals surface area contributed by atoms with Crippen LogP contribution in [0.1, 0.15) is 16.7 Å². The monoisotopic (exact) mass is 666 g/mol. The summed E-state index contributed by atoms with van der Waals surface area (Å²) in [7, 11) is 5.47. The van der Waals surface area contributed by atoms with E-state index in [0.717, 1.165) is 16.7 Å². The predicted molar refractivity (Wildman–Crippen MR) is 174 cm³/mol. The predicted octanol–water partition coefficient (Wildman–Crippen LogP) is 3.97. The standard InChI is InChI=1S/C33H38N4O9S/c1-34-29(38)42-20-24-25(44-30(39)35-2)26(45-31(40)36-3)27(46-32(41)37-4)28(43-24)47-33(21-14-8-5-9-15-21,22-16-10-6-11-17-22)23-18-12-7-13-19-23/h5-19,24-28H,20H2,1-4H3,(H,34,38)(H,35,39)(H,36,40)(H,37,41)/t24-,25-,26+,27-,28+/m1/s1. The molecule has 4 N–H and O–H groups in total. The van der Waals surface area contributed by atoms with Crippen LogP contribution in [0.4, 0.5) is 19.2 Å². The van der Waals surface area contributed by atoms with E-state index in [9.17, 15) is 19.2 Å². The summed E-state index contributed by atoms with van der Waals surface area (Å²) in [5, 5.41) is 9.54. The summed E-state index contributed by atoms with van der Waals surface area (Å²) in [5.74, 6) is 0. The van der Waals surface area contributed by atoms with Crippen LogP contribution in [0.5, 0.6) is 0 Å². The van der Waals surface area contributed by atoms with E-state index in [4.69, 9.17) is 23.7 Å². The molecule has 1 fully saturated rings. The van der Waals surface area contributed by atoms with Crippen molar-refractivity contribution in [2.24, 2.45) is 0 Å². The van der Waals surface area contributed by atoms with Crippen LogP contribution in [0.2, 0.25) is 0 Å². The lowest BCUT2D eigenvalue weighted by atomic mass is 9.84. The lowest BCUT2D eigenvalue weighted by Gasteiger charge is -2.47. The van der Waals surface area contributed by atoms with Gasteiger partial charge in [0.15, 0.2) is 18.3 Å². The van der Waals surface area contributed by atoms with E-state index in [-0.39, 0.29) is 0 Å². The van der Waals surface area contributed by atoms with Crippen LogP contribution in [0.25, 0.3) is 0 Å². The van der Waals surface area contributed by atoms with Gasteiger partial charge in [0.25, 0.3) is 0 Å². The number of ether oxygens (including phenoxy) is 5. The van der Waals surface area contributed by atoms with E-state index in [1.807, 2.05) is 91.0 Å². The molecule has 3 aromatic rings. The van der Waals surface area contributed by atoms with Crippen LogP contribution < -0.4 is 21.3 Å². The van der Waals surface area contributed by atoms with Crippen LogP contribution in [0.3, 0.4) is 0 Å². The first-order chi connectivity index (χ1) is 22.8. The summed E-state index contributed by atoms with van der Waals surface area (Å²) < 4.78 is 28.3. The molecule has 3 aromatic carbocycles. The highest BCUT2D eigenvalue weighted by Crippen LogP contribution is 2.52. The Morgan fingerprint density at radius 1 is 0.596 bits per heavy atom. The molecule has 13 nitrogen and oxygen atoms in total. The zero-order valence-electron chi connectivity index (χ0n) is 26.3. The summed E-state index contributed by atoms with van der Waals surface area (Å²) in [5.41, 5.74) is 1.51. The van der Waals surface area contributed by atoms with E-state index < -0.39 is 65.6 Å². The van der Waals surface area contributed by atoms with Crippen molar-refractivity contribution < 1.29 is 42.9 Å². The minimum Gasteiger partial charge on any atom is -0.447 e. The minimum absolute atomic E-state index is 0.409. The maximum Gasteiger partial charge on any atom is 0.407 e. The average Bonchev–Trinajstić information content (AvgIpc) is 3.12. The summed E-state index contributed by atoms with van der Waals surface area (Å²) in [6.07, 6.45) is -8.72. The van der Waals surface area contributed by atoms with Gasteiger partial charge < -0.3 is 45.0 Å². The van der Waals surface area contributed by atoms with Gasteiger partial charge in [-0.2, -0.15) is 0 Å². The number of hydrogen-bond donors (Lipinski definition) is 4. The van der Waals surface area contributed by atoms with Gasteiger partial charge in [0.2, 0.25) is 0 Å². The fourth-order valence-electron chi connectivity index (χ4n) is 5.18. The highest BCUT2D eigenvalue weighted by Gasteiger charge is 2.55. The van der Waals surface area contributed by atoms with Gasteiger partial charge in [-0.1, -0.05) is 91.0 Å². The van der Waals surface area contributed by atoms with Crippen molar-refractivity contribution in [2.75, 3.05) is 34.8 Å². The fraction of sp³-hybridized carbons (Fsp3) is 0.333. The van der Waals surface area contributed by atoms with E-state index >= 15 is 0 Å². The first-order valence-corrected chi connectivity index (χ1v) is 15.6. The third-order valence-corrected chi connectivity index (χ3v) is 9.02. The van der Waals surface area contributed by atoms with Gasteiger partial charge in [-0.05, 0) is 16.7 Å². The molecule has 0 aliphatic carbocycles. The molecule has 4 amide bonds.